The van der Waals surface area contributed by atoms with E-state index in [0.29, 0.717) is 22.2 Å². The summed E-state index contributed by atoms with van der Waals surface area (Å²) in [7, 11) is 2.25. The first kappa shape index (κ1) is 19.8. The summed E-state index contributed by atoms with van der Waals surface area (Å²) in [5.41, 5.74) is 1.80. The van der Waals surface area contributed by atoms with E-state index in [1.54, 1.807) is 17.9 Å². The molecule has 2 aliphatic rings. The average molecular weight is 419 g/mol. The Morgan fingerprint density at radius 1 is 1.29 bits per heavy atom. The average Bonchev–Trinajstić information content (AvgIpc) is 3.37. The van der Waals surface area contributed by atoms with Crippen LogP contribution in [0.2, 0.25) is 5.02 Å². The summed E-state index contributed by atoms with van der Waals surface area (Å²) in [5, 5.41) is 3.41. The zero-order chi connectivity index (χ0) is 19.7. The van der Waals surface area contributed by atoms with Crippen LogP contribution in [0, 0.1) is 0 Å². The fraction of sp³-hybridized carbons (Fsp3) is 0.524. The topological polar surface area (TPSA) is 39.7 Å². The molecule has 1 aromatic heterocycles. The van der Waals surface area contributed by atoms with Crippen molar-refractivity contribution in [2.75, 3.05) is 25.0 Å². The van der Waals surface area contributed by atoms with Gasteiger partial charge >= 0.3 is 0 Å². The monoisotopic (exact) mass is 418 g/mol. The molecule has 0 radical (unpaired) electrons. The van der Waals surface area contributed by atoms with Gasteiger partial charge in [-0.1, -0.05) is 17.7 Å². The lowest BCUT2D eigenvalue weighted by molar-refractivity contribution is -0.115. The Hall–Kier alpha value is -1.47. The fourth-order valence-electron chi connectivity index (χ4n) is 4.63. The Morgan fingerprint density at radius 2 is 2.07 bits per heavy atom. The van der Waals surface area contributed by atoms with Crippen LogP contribution in [0.3, 0.4) is 0 Å². The number of carbonyl (C=O) groups excluding carboxylic acids is 1. The molecule has 1 amide bonds. The van der Waals surface area contributed by atoms with Crippen molar-refractivity contribution in [3.05, 3.63) is 40.4 Å². The van der Waals surface area contributed by atoms with Crippen molar-refractivity contribution in [2.45, 2.75) is 51.2 Å². The SMILES string of the molecule is CC(=O)N(c1cccc(Cl)c1)c1nc(CN2CCC[C@H]2[C@@H]2CCCN2C)cs1. The minimum Gasteiger partial charge on any atom is -0.302 e. The number of nitrogens with zero attached hydrogens (tertiary/aromatic N) is 4. The molecule has 7 heteroatoms. The standard InChI is InChI=1S/C21H27ClN4OS/c1-15(27)26(18-7-3-6-16(22)12-18)21-23-17(14-28-21)13-25-11-5-9-20(25)19-8-4-10-24(19)2/h3,6-7,12,14,19-20H,4-5,8-11,13H2,1-2H3/t19-,20-/m0/s1. The molecule has 5 nitrogen and oxygen atoms in total. The number of halogens is 1. The Bertz CT molecular complexity index is 841. The number of aromatic nitrogens is 1. The van der Waals surface area contributed by atoms with Crippen LogP contribution in [0.4, 0.5) is 10.8 Å². The van der Waals surface area contributed by atoms with Crippen LogP contribution in [0.5, 0.6) is 0 Å². The molecule has 2 atom stereocenters. The van der Waals surface area contributed by atoms with E-state index in [9.17, 15) is 4.79 Å². The van der Waals surface area contributed by atoms with Crippen LogP contribution in [-0.4, -0.2) is 52.9 Å². The number of benzene rings is 1. The maximum absolute atomic E-state index is 12.3. The Balaban J connectivity index is 1.51. The van der Waals surface area contributed by atoms with Gasteiger partial charge in [0.25, 0.3) is 0 Å². The molecule has 2 fully saturated rings. The zero-order valence-corrected chi connectivity index (χ0v) is 18.0. The summed E-state index contributed by atoms with van der Waals surface area (Å²) in [6.45, 7) is 4.76. The molecule has 2 aromatic rings. The molecule has 0 N–H and O–H groups in total. The van der Waals surface area contributed by atoms with Gasteiger partial charge in [-0.3, -0.25) is 14.6 Å². The maximum atomic E-state index is 12.3. The van der Waals surface area contributed by atoms with Crippen molar-refractivity contribution in [2.24, 2.45) is 0 Å². The lowest BCUT2D eigenvalue weighted by Gasteiger charge is -2.32. The number of hydrogen-bond donors (Lipinski definition) is 0. The number of carbonyl (C=O) groups is 1. The number of anilines is 2. The van der Waals surface area contributed by atoms with E-state index < -0.39 is 0 Å². The van der Waals surface area contributed by atoms with E-state index in [2.05, 4.69) is 22.2 Å². The second-order valence-electron chi connectivity index (χ2n) is 7.83. The number of likely N-dealkylation sites (tertiary alicyclic amines) is 2. The number of rotatable bonds is 5. The van der Waals surface area contributed by atoms with Gasteiger partial charge in [0.05, 0.1) is 11.4 Å². The van der Waals surface area contributed by atoms with E-state index in [1.807, 2.05) is 18.2 Å². The number of likely N-dealkylation sites (N-methyl/N-ethyl adjacent to an activating group) is 1. The third-order valence-corrected chi connectivity index (χ3v) is 7.02. The maximum Gasteiger partial charge on any atom is 0.230 e. The van der Waals surface area contributed by atoms with Gasteiger partial charge in [-0.05, 0) is 64.0 Å². The van der Waals surface area contributed by atoms with Crippen molar-refractivity contribution in [3.8, 4) is 0 Å². The van der Waals surface area contributed by atoms with Gasteiger partial charge in [0.2, 0.25) is 5.91 Å². The smallest absolute Gasteiger partial charge is 0.230 e. The molecule has 4 rings (SSSR count). The second kappa shape index (κ2) is 8.49. The largest absolute Gasteiger partial charge is 0.302 e. The van der Waals surface area contributed by atoms with E-state index in [4.69, 9.17) is 16.6 Å². The van der Waals surface area contributed by atoms with E-state index in [1.165, 1.54) is 43.6 Å². The molecule has 1 aromatic carbocycles. The number of thiazole rings is 1. The van der Waals surface area contributed by atoms with Crippen molar-refractivity contribution in [1.82, 2.24) is 14.8 Å². The van der Waals surface area contributed by atoms with Crippen molar-refractivity contribution in [3.63, 3.8) is 0 Å². The summed E-state index contributed by atoms with van der Waals surface area (Å²) in [5.74, 6) is -0.0604. The van der Waals surface area contributed by atoms with Crippen molar-refractivity contribution < 1.29 is 4.79 Å². The molecule has 2 aliphatic heterocycles. The molecular weight excluding hydrogens is 392 g/mol. The summed E-state index contributed by atoms with van der Waals surface area (Å²) in [6.07, 6.45) is 5.13. The molecule has 0 spiro atoms. The van der Waals surface area contributed by atoms with Crippen LogP contribution in [-0.2, 0) is 11.3 Å². The van der Waals surface area contributed by atoms with Crippen LogP contribution in [0.25, 0.3) is 0 Å². The lowest BCUT2D eigenvalue weighted by Crippen LogP contribution is -2.44. The van der Waals surface area contributed by atoms with Gasteiger partial charge in [0.15, 0.2) is 5.13 Å². The van der Waals surface area contributed by atoms with Gasteiger partial charge in [-0.25, -0.2) is 4.98 Å². The fourth-order valence-corrected chi connectivity index (χ4v) is 5.69. The highest BCUT2D eigenvalue weighted by molar-refractivity contribution is 7.14. The first-order chi connectivity index (χ1) is 13.5. The highest BCUT2D eigenvalue weighted by Gasteiger charge is 2.36. The third-order valence-electron chi connectivity index (χ3n) is 5.91. The van der Waals surface area contributed by atoms with Crippen LogP contribution < -0.4 is 4.90 Å². The van der Waals surface area contributed by atoms with Crippen molar-refractivity contribution >= 4 is 39.7 Å². The molecular formula is C21H27ClN4OS. The predicted octanol–water partition coefficient (Wildman–Crippen LogP) is 4.54. The highest BCUT2D eigenvalue weighted by atomic mass is 35.5. The molecule has 0 saturated carbocycles. The van der Waals surface area contributed by atoms with Gasteiger partial charge in [-0.15, -0.1) is 11.3 Å². The molecule has 0 unspecified atom stereocenters. The normalized spacial score (nSPS) is 23.4. The van der Waals surface area contributed by atoms with Crippen LogP contribution in [0.1, 0.15) is 38.3 Å². The highest BCUT2D eigenvalue weighted by Crippen LogP contribution is 2.33. The summed E-state index contributed by atoms with van der Waals surface area (Å²) in [4.78, 5) is 23.9. The zero-order valence-electron chi connectivity index (χ0n) is 16.5. The van der Waals surface area contributed by atoms with E-state index >= 15 is 0 Å². The predicted molar refractivity (Wildman–Crippen MR) is 115 cm³/mol. The quantitative estimate of drug-likeness (QED) is 0.714. The Kier molecular flexibility index (Phi) is 6.01. The molecule has 150 valence electrons. The molecule has 0 bridgehead atoms. The van der Waals surface area contributed by atoms with Gasteiger partial charge in [-0.2, -0.15) is 0 Å². The number of amides is 1. The second-order valence-corrected chi connectivity index (χ2v) is 9.10. The lowest BCUT2D eigenvalue weighted by atomic mass is 10.0. The third kappa shape index (κ3) is 4.10. The van der Waals surface area contributed by atoms with Gasteiger partial charge < -0.3 is 4.90 Å². The summed E-state index contributed by atoms with van der Waals surface area (Å²) < 4.78 is 0. The minimum absolute atomic E-state index is 0.0604. The van der Waals surface area contributed by atoms with E-state index in [-0.39, 0.29) is 5.91 Å². The number of hydrogen-bond acceptors (Lipinski definition) is 5. The Labute approximate surface area is 175 Å². The summed E-state index contributed by atoms with van der Waals surface area (Å²) >= 11 is 7.64. The first-order valence-corrected chi connectivity index (χ1v) is 11.2. The molecule has 3 heterocycles. The minimum atomic E-state index is -0.0604. The Morgan fingerprint density at radius 3 is 2.79 bits per heavy atom. The molecule has 0 aliphatic carbocycles. The van der Waals surface area contributed by atoms with Crippen LogP contribution >= 0.6 is 22.9 Å². The van der Waals surface area contributed by atoms with Gasteiger partial charge in [0, 0.05) is 36.0 Å². The summed E-state index contributed by atoms with van der Waals surface area (Å²) in [6, 6.07) is 8.64. The van der Waals surface area contributed by atoms with E-state index in [0.717, 1.165) is 24.5 Å². The first-order valence-electron chi connectivity index (χ1n) is 9.98. The van der Waals surface area contributed by atoms with Crippen LogP contribution in [0.15, 0.2) is 29.6 Å². The van der Waals surface area contributed by atoms with Gasteiger partial charge in [0.1, 0.15) is 0 Å². The van der Waals surface area contributed by atoms with Crippen molar-refractivity contribution in [1.29, 1.82) is 0 Å². The molecule has 2 saturated heterocycles. The molecule has 28 heavy (non-hydrogen) atoms.